The molecular weight excluding hydrogens is 384 g/mol. The summed E-state index contributed by atoms with van der Waals surface area (Å²) in [6.07, 6.45) is 1.12. The van der Waals surface area contributed by atoms with Crippen molar-refractivity contribution in [1.82, 2.24) is 5.32 Å². The van der Waals surface area contributed by atoms with E-state index < -0.39 is 22.5 Å². The fourth-order valence-electron chi connectivity index (χ4n) is 2.45. The molecule has 0 saturated heterocycles. The lowest BCUT2D eigenvalue weighted by Gasteiger charge is -2.14. The van der Waals surface area contributed by atoms with Crippen molar-refractivity contribution < 1.29 is 33.8 Å². The predicted molar refractivity (Wildman–Crippen MR) is 102 cm³/mol. The zero-order chi connectivity index (χ0) is 21.6. The predicted octanol–water partition coefficient (Wildman–Crippen LogP) is 2.48. The molecule has 0 aliphatic carbocycles. The van der Waals surface area contributed by atoms with Crippen LogP contribution >= 0.6 is 0 Å². The first-order chi connectivity index (χ1) is 13.8. The Morgan fingerprint density at radius 2 is 1.69 bits per heavy atom. The van der Waals surface area contributed by atoms with E-state index in [4.69, 9.17) is 14.2 Å². The van der Waals surface area contributed by atoms with Gasteiger partial charge in [-0.05, 0) is 23.8 Å². The molecule has 0 unspecified atom stereocenters. The highest BCUT2D eigenvalue weighted by Crippen LogP contribution is 2.38. The second-order valence-corrected chi connectivity index (χ2v) is 5.58. The van der Waals surface area contributed by atoms with E-state index in [-0.39, 0.29) is 34.1 Å². The van der Waals surface area contributed by atoms with E-state index in [0.717, 1.165) is 6.08 Å². The van der Waals surface area contributed by atoms with Crippen molar-refractivity contribution >= 4 is 23.6 Å². The molecule has 0 spiro atoms. The minimum absolute atomic E-state index is 0.0608. The number of nitrogens with one attached hydrogen (secondary N) is 1. The van der Waals surface area contributed by atoms with E-state index in [2.05, 4.69) is 5.32 Å². The number of carbonyl (C=O) groups is 2. The normalized spacial score (nSPS) is 10.8. The van der Waals surface area contributed by atoms with Gasteiger partial charge in [-0.15, -0.1) is 0 Å². The lowest BCUT2D eigenvalue weighted by molar-refractivity contribution is -0.384. The van der Waals surface area contributed by atoms with E-state index in [1.165, 1.54) is 57.7 Å². The summed E-state index contributed by atoms with van der Waals surface area (Å²) >= 11 is 0. The fraction of sp³-hybridized carbons (Fsp3) is 0.158. The summed E-state index contributed by atoms with van der Waals surface area (Å²) in [5.41, 5.74) is -0.379. The van der Waals surface area contributed by atoms with E-state index in [1.807, 2.05) is 0 Å². The van der Waals surface area contributed by atoms with Gasteiger partial charge in [0.15, 0.2) is 11.5 Å². The number of aliphatic carboxylic acids is 1. The first-order valence-corrected chi connectivity index (χ1v) is 8.11. The number of hydrogen-bond donors (Lipinski definition) is 2. The number of nitro groups is 1. The minimum Gasteiger partial charge on any atom is -0.493 e. The van der Waals surface area contributed by atoms with Crippen molar-refractivity contribution in [3.8, 4) is 17.2 Å². The van der Waals surface area contributed by atoms with Crippen LogP contribution in [0, 0.1) is 10.1 Å². The largest absolute Gasteiger partial charge is 0.493 e. The second-order valence-electron chi connectivity index (χ2n) is 5.58. The van der Waals surface area contributed by atoms with Crippen LogP contribution < -0.4 is 19.5 Å². The van der Waals surface area contributed by atoms with Gasteiger partial charge >= 0.3 is 5.97 Å². The van der Waals surface area contributed by atoms with Crippen LogP contribution in [0.15, 0.2) is 42.1 Å². The summed E-state index contributed by atoms with van der Waals surface area (Å²) in [5.74, 6) is -1.45. The van der Waals surface area contributed by atoms with Crippen LogP contribution in [-0.2, 0) is 4.79 Å². The summed E-state index contributed by atoms with van der Waals surface area (Å²) in [4.78, 5) is 34.4. The van der Waals surface area contributed by atoms with Gasteiger partial charge < -0.3 is 24.6 Å². The highest BCUT2D eigenvalue weighted by Gasteiger charge is 2.19. The molecule has 152 valence electrons. The Hall–Kier alpha value is -4.08. The maximum Gasteiger partial charge on any atom is 0.352 e. The number of amides is 1. The number of benzene rings is 2. The first-order valence-electron chi connectivity index (χ1n) is 8.11. The zero-order valence-corrected chi connectivity index (χ0v) is 15.8. The molecule has 0 aliphatic rings. The molecule has 0 radical (unpaired) electrons. The molecular formula is C19H18N2O8. The number of non-ortho nitro benzene ring substituents is 1. The van der Waals surface area contributed by atoms with Crippen LogP contribution in [0.4, 0.5) is 5.69 Å². The van der Waals surface area contributed by atoms with Gasteiger partial charge in [-0.2, -0.15) is 0 Å². The third-order valence-corrected chi connectivity index (χ3v) is 3.80. The Kier molecular flexibility index (Phi) is 6.75. The summed E-state index contributed by atoms with van der Waals surface area (Å²) in [5, 5.41) is 22.6. The molecule has 10 nitrogen and oxygen atoms in total. The molecule has 10 heteroatoms. The van der Waals surface area contributed by atoms with Gasteiger partial charge in [0.1, 0.15) is 5.70 Å². The number of ether oxygens (including phenoxy) is 3. The molecule has 2 N–H and O–H groups in total. The molecule has 29 heavy (non-hydrogen) atoms. The van der Waals surface area contributed by atoms with Gasteiger partial charge in [-0.25, -0.2) is 4.79 Å². The number of carboxylic acid groups (broad SMARTS) is 1. The molecule has 2 rings (SSSR count). The minimum atomic E-state index is -1.42. The quantitative estimate of drug-likeness (QED) is 0.390. The maximum atomic E-state index is 12.6. The van der Waals surface area contributed by atoms with Gasteiger partial charge in [0.05, 0.1) is 26.3 Å². The molecule has 0 aliphatic heterocycles. The zero-order valence-electron chi connectivity index (χ0n) is 15.8. The Morgan fingerprint density at radius 3 is 2.17 bits per heavy atom. The molecule has 0 aromatic heterocycles. The van der Waals surface area contributed by atoms with Gasteiger partial charge in [0, 0.05) is 17.7 Å². The number of hydrogen-bond acceptors (Lipinski definition) is 7. The van der Waals surface area contributed by atoms with Crippen molar-refractivity contribution in [3.63, 3.8) is 0 Å². The monoisotopic (exact) mass is 402 g/mol. The third kappa shape index (κ3) is 5.01. The lowest BCUT2D eigenvalue weighted by Crippen LogP contribution is -2.27. The van der Waals surface area contributed by atoms with Crippen LogP contribution in [0.5, 0.6) is 17.2 Å². The van der Waals surface area contributed by atoms with Crippen molar-refractivity contribution in [3.05, 3.63) is 63.3 Å². The van der Waals surface area contributed by atoms with Crippen LogP contribution in [0.2, 0.25) is 0 Å². The first kappa shape index (κ1) is 21.2. The molecule has 0 heterocycles. The van der Waals surface area contributed by atoms with Crippen LogP contribution in [0.1, 0.15) is 15.9 Å². The van der Waals surface area contributed by atoms with E-state index in [1.54, 1.807) is 0 Å². The Morgan fingerprint density at radius 1 is 1.07 bits per heavy atom. The van der Waals surface area contributed by atoms with Crippen molar-refractivity contribution in [1.29, 1.82) is 0 Å². The number of nitro benzene ring substituents is 1. The van der Waals surface area contributed by atoms with Crippen LogP contribution in [-0.4, -0.2) is 43.2 Å². The SMILES string of the molecule is COc1cc(C(=O)NC(=Cc2cccc([N+](=O)[O-])c2)C(=O)O)cc(OC)c1OC. The van der Waals surface area contributed by atoms with Gasteiger partial charge in [-0.3, -0.25) is 14.9 Å². The lowest BCUT2D eigenvalue weighted by atomic mass is 10.1. The van der Waals surface area contributed by atoms with E-state index >= 15 is 0 Å². The Balaban J connectivity index is 2.39. The Labute approximate surface area is 165 Å². The fourth-order valence-corrected chi connectivity index (χ4v) is 2.45. The second kappa shape index (κ2) is 9.22. The Bertz CT molecular complexity index is 959. The van der Waals surface area contributed by atoms with Gasteiger partial charge in [0.25, 0.3) is 11.6 Å². The molecule has 1 amide bonds. The summed E-state index contributed by atoms with van der Waals surface area (Å²) < 4.78 is 15.5. The van der Waals surface area contributed by atoms with Crippen LogP contribution in [0.25, 0.3) is 6.08 Å². The maximum absolute atomic E-state index is 12.6. The van der Waals surface area contributed by atoms with Gasteiger partial charge in [-0.1, -0.05) is 12.1 Å². The number of nitrogens with zero attached hydrogens (tertiary/aromatic N) is 1. The number of carbonyl (C=O) groups excluding carboxylic acids is 1. The molecule has 0 atom stereocenters. The number of methoxy groups -OCH3 is 3. The van der Waals surface area contributed by atoms with E-state index in [9.17, 15) is 24.8 Å². The van der Waals surface area contributed by atoms with E-state index in [0.29, 0.717) is 0 Å². The third-order valence-electron chi connectivity index (χ3n) is 3.80. The van der Waals surface area contributed by atoms with Crippen molar-refractivity contribution in [2.24, 2.45) is 0 Å². The molecule has 2 aromatic rings. The molecule has 0 saturated carbocycles. The smallest absolute Gasteiger partial charge is 0.352 e. The average molecular weight is 402 g/mol. The summed E-state index contributed by atoms with van der Waals surface area (Å²) in [7, 11) is 4.16. The highest BCUT2D eigenvalue weighted by molar-refractivity contribution is 6.03. The van der Waals surface area contributed by atoms with Crippen LogP contribution in [0.3, 0.4) is 0 Å². The standard InChI is InChI=1S/C19H18N2O8/c1-27-15-9-12(10-16(28-2)17(15)29-3)18(22)20-14(19(23)24)8-11-5-4-6-13(7-11)21(25)26/h4-10H,1-3H3,(H,20,22)(H,23,24). The summed E-state index contributed by atoms with van der Waals surface area (Å²) in [6, 6.07) is 8.07. The highest BCUT2D eigenvalue weighted by atomic mass is 16.6. The molecule has 2 aromatic carbocycles. The molecule has 0 fully saturated rings. The molecule has 0 bridgehead atoms. The van der Waals surface area contributed by atoms with Gasteiger partial charge in [0.2, 0.25) is 5.75 Å². The average Bonchev–Trinajstić information content (AvgIpc) is 2.71. The topological polar surface area (TPSA) is 137 Å². The van der Waals surface area contributed by atoms with Crippen molar-refractivity contribution in [2.75, 3.05) is 21.3 Å². The number of carboxylic acids is 1. The van der Waals surface area contributed by atoms with Crippen molar-refractivity contribution in [2.45, 2.75) is 0 Å². The number of rotatable bonds is 8. The summed E-state index contributed by atoms with van der Waals surface area (Å²) in [6.45, 7) is 0.